The maximum atomic E-state index is 10.8. The number of carbonyl (C=O) groups is 1. The fourth-order valence-electron chi connectivity index (χ4n) is 1.98. The molecule has 0 radical (unpaired) electrons. The first-order valence-corrected chi connectivity index (χ1v) is 6.14. The van der Waals surface area contributed by atoms with E-state index < -0.39 is 12.0 Å². The Balaban J connectivity index is 4.46. The molecule has 0 fully saturated rings. The van der Waals surface area contributed by atoms with Gasteiger partial charge in [0, 0.05) is 19.1 Å². The lowest BCUT2D eigenvalue weighted by atomic mass is 10.1. The molecule has 0 rings (SSSR count). The number of carboxylic acids is 1. The van der Waals surface area contributed by atoms with Crippen molar-refractivity contribution in [3.05, 3.63) is 0 Å². The van der Waals surface area contributed by atoms with Crippen molar-refractivity contribution in [2.24, 2.45) is 11.7 Å². The van der Waals surface area contributed by atoms with E-state index in [0.717, 1.165) is 19.4 Å². The van der Waals surface area contributed by atoms with Crippen molar-refractivity contribution in [1.82, 2.24) is 4.90 Å². The first-order valence-electron chi connectivity index (χ1n) is 6.14. The fourth-order valence-corrected chi connectivity index (χ4v) is 1.98. The monoisotopic (exact) mass is 230 g/mol. The average molecular weight is 230 g/mol. The van der Waals surface area contributed by atoms with Gasteiger partial charge < -0.3 is 10.8 Å². The molecule has 4 nitrogen and oxygen atoms in total. The number of rotatable bonds is 8. The van der Waals surface area contributed by atoms with Gasteiger partial charge in [0.25, 0.3) is 0 Å². The lowest BCUT2D eigenvalue weighted by molar-refractivity contribution is -0.139. The topological polar surface area (TPSA) is 66.6 Å². The van der Waals surface area contributed by atoms with Crippen molar-refractivity contribution in [3.63, 3.8) is 0 Å². The molecule has 0 amide bonds. The molecule has 96 valence electrons. The average Bonchev–Trinajstić information content (AvgIpc) is 2.18. The fraction of sp³-hybridized carbons (Fsp3) is 0.917. The highest BCUT2D eigenvalue weighted by Gasteiger charge is 2.21. The van der Waals surface area contributed by atoms with Crippen LogP contribution in [0.15, 0.2) is 0 Å². The maximum Gasteiger partial charge on any atom is 0.321 e. The Morgan fingerprint density at radius 3 is 2.06 bits per heavy atom. The first-order chi connectivity index (χ1) is 7.42. The van der Waals surface area contributed by atoms with Crippen LogP contribution in [0.3, 0.4) is 0 Å². The Morgan fingerprint density at radius 1 is 1.25 bits per heavy atom. The zero-order valence-electron chi connectivity index (χ0n) is 10.9. The number of carboxylic acid groups (broad SMARTS) is 1. The van der Waals surface area contributed by atoms with Gasteiger partial charge in [-0.05, 0) is 18.8 Å². The molecule has 0 aromatic carbocycles. The van der Waals surface area contributed by atoms with E-state index in [0.29, 0.717) is 18.5 Å². The van der Waals surface area contributed by atoms with Gasteiger partial charge in [0.05, 0.1) is 0 Å². The molecule has 0 aliphatic heterocycles. The summed E-state index contributed by atoms with van der Waals surface area (Å²) in [6.07, 6.45) is 2.07. The second-order valence-electron chi connectivity index (χ2n) is 4.76. The third-order valence-corrected chi connectivity index (χ3v) is 2.81. The summed E-state index contributed by atoms with van der Waals surface area (Å²) in [5.41, 5.74) is 5.60. The van der Waals surface area contributed by atoms with Crippen LogP contribution in [0.5, 0.6) is 0 Å². The van der Waals surface area contributed by atoms with Crippen LogP contribution in [0.4, 0.5) is 0 Å². The summed E-state index contributed by atoms with van der Waals surface area (Å²) < 4.78 is 0. The second kappa shape index (κ2) is 7.63. The normalized spacial score (nSPS) is 13.8. The van der Waals surface area contributed by atoms with Crippen molar-refractivity contribution in [2.75, 3.05) is 13.1 Å². The van der Waals surface area contributed by atoms with Crippen LogP contribution in [-0.2, 0) is 4.79 Å². The van der Waals surface area contributed by atoms with E-state index in [2.05, 4.69) is 32.6 Å². The summed E-state index contributed by atoms with van der Waals surface area (Å²) in [6.45, 7) is 9.90. The van der Waals surface area contributed by atoms with E-state index >= 15 is 0 Å². The summed E-state index contributed by atoms with van der Waals surface area (Å²) in [5.74, 6) is -0.388. The smallest absolute Gasteiger partial charge is 0.321 e. The largest absolute Gasteiger partial charge is 0.480 e. The summed E-state index contributed by atoms with van der Waals surface area (Å²) in [5, 5.41) is 8.84. The molecule has 0 aromatic rings. The Morgan fingerprint density at radius 2 is 1.75 bits per heavy atom. The number of hydrogen-bond donors (Lipinski definition) is 2. The van der Waals surface area contributed by atoms with Crippen molar-refractivity contribution >= 4 is 5.97 Å². The Labute approximate surface area is 98.8 Å². The molecule has 16 heavy (non-hydrogen) atoms. The lowest BCUT2D eigenvalue weighted by Crippen LogP contribution is -2.47. The Hall–Kier alpha value is -0.610. The van der Waals surface area contributed by atoms with Gasteiger partial charge >= 0.3 is 5.97 Å². The molecule has 0 saturated heterocycles. The minimum Gasteiger partial charge on any atom is -0.480 e. The van der Waals surface area contributed by atoms with Gasteiger partial charge in [-0.15, -0.1) is 0 Å². The third kappa shape index (κ3) is 5.47. The van der Waals surface area contributed by atoms with Gasteiger partial charge in [-0.25, -0.2) is 0 Å². The maximum absolute atomic E-state index is 10.8. The summed E-state index contributed by atoms with van der Waals surface area (Å²) in [7, 11) is 0. The van der Waals surface area contributed by atoms with Gasteiger partial charge in [-0.3, -0.25) is 9.69 Å². The predicted octanol–water partition coefficient (Wildman–Crippen LogP) is 1.54. The van der Waals surface area contributed by atoms with Crippen molar-refractivity contribution in [3.8, 4) is 0 Å². The van der Waals surface area contributed by atoms with E-state index in [-0.39, 0.29) is 0 Å². The van der Waals surface area contributed by atoms with Crippen LogP contribution >= 0.6 is 0 Å². The molecule has 0 bridgehead atoms. The lowest BCUT2D eigenvalue weighted by Gasteiger charge is -2.32. The standard InChI is InChI=1S/C12H26N2O2/c1-5-10(6-2)14(7-9(3)4)8-11(13)12(15)16/h9-11H,5-8,13H2,1-4H3,(H,15,16). The highest BCUT2D eigenvalue weighted by Crippen LogP contribution is 2.11. The van der Waals surface area contributed by atoms with E-state index in [9.17, 15) is 4.79 Å². The van der Waals surface area contributed by atoms with Crippen LogP contribution < -0.4 is 5.73 Å². The highest BCUT2D eigenvalue weighted by molar-refractivity contribution is 5.73. The van der Waals surface area contributed by atoms with Gasteiger partial charge in [0.1, 0.15) is 6.04 Å². The van der Waals surface area contributed by atoms with E-state index in [1.165, 1.54) is 0 Å². The second-order valence-corrected chi connectivity index (χ2v) is 4.76. The molecular weight excluding hydrogens is 204 g/mol. The first kappa shape index (κ1) is 15.4. The third-order valence-electron chi connectivity index (χ3n) is 2.81. The molecule has 3 N–H and O–H groups in total. The van der Waals surface area contributed by atoms with Gasteiger partial charge in [0.2, 0.25) is 0 Å². The number of hydrogen-bond acceptors (Lipinski definition) is 3. The zero-order valence-corrected chi connectivity index (χ0v) is 10.9. The van der Waals surface area contributed by atoms with Crippen LogP contribution in [0, 0.1) is 5.92 Å². The molecule has 4 heteroatoms. The molecule has 1 unspecified atom stereocenters. The number of aliphatic carboxylic acids is 1. The SMILES string of the molecule is CCC(CC)N(CC(C)C)CC(N)C(=O)O. The quantitative estimate of drug-likeness (QED) is 0.664. The molecule has 1 atom stereocenters. The van der Waals surface area contributed by atoms with Gasteiger partial charge in [-0.2, -0.15) is 0 Å². The van der Waals surface area contributed by atoms with Crippen LogP contribution in [0.2, 0.25) is 0 Å². The van der Waals surface area contributed by atoms with Gasteiger partial charge in [-0.1, -0.05) is 27.7 Å². The zero-order chi connectivity index (χ0) is 12.7. The summed E-state index contributed by atoms with van der Waals surface area (Å²) in [6, 6.07) is -0.341. The van der Waals surface area contributed by atoms with Crippen LogP contribution in [0.1, 0.15) is 40.5 Å². The molecule has 0 heterocycles. The Bertz CT molecular complexity index is 203. The molecular formula is C12H26N2O2. The highest BCUT2D eigenvalue weighted by atomic mass is 16.4. The minimum absolute atomic E-state index is 0.438. The van der Waals surface area contributed by atoms with E-state index in [1.54, 1.807) is 0 Å². The van der Waals surface area contributed by atoms with Gasteiger partial charge in [0.15, 0.2) is 0 Å². The van der Waals surface area contributed by atoms with Crippen molar-refractivity contribution in [1.29, 1.82) is 0 Å². The van der Waals surface area contributed by atoms with Crippen LogP contribution in [-0.4, -0.2) is 41.1 Å². The molecule has 0 spiro atoms. The predicted molar refractivity (Wildman–Crippen MR) is 66.4 cm³/mol. The minimum atomic E-state index is -0.917. The summed E-state index contributed by atoms with van der Waals surface area (Å²) >= 11 is 0. The summed E-state index contributed by atoms with van der Waals surface area (Å²) in [4.78, 5) is 13.0. The van der Waals surface area contributed by atoms with Crippen LogP contribution in [0.25, 0.3) is 0 Å². The number of nitrogens with zero attached hydrogens (tertiary/aromatic N) is 1. The number of nitrogens with two attached hydrogens (primary N) is 1. The molecule has 0 aliphatic rings. The molecule has 0 aliphatic carbocycles. The van der Waals surface area contributed by atoms with E-state index in [4.69, 9.17) is 10.8 Å². The Kier molecular flexibility index (Phi) is 7.34. The van der Waals surface area contributed by atoms with Crippen molar-refractivity contribution in [2.45, 2.75) is 52.6 Å². The van der Waals surface area contributed by atoms with E-state index in [1.807, 2.05) is 0 Å². The molecule has 0 saturated carbocycles. The van der Waals surface area contributed by atoms with Crippen molar-refractivity contribution < 1.29 is 9.90 Å². The molecule has 0 aromatic heterocycles.